The maximum atomic E-state index is 12.3. The smallest absolute Gasteiger partial charge is 0.247 e. The first-order valence-corrected chi connectivity index (χ1v) is 13.8. The number of nitrogens with one attached hydrogen (secondary N) is 2. The van der Waals surface area contributed by atoms with Crippen molar-refractivity contribution in [1.29, 1.82) is 0 Å². The lowest BCUT2D eigenvalue weighted by atomic mass is 10.2. The van der Waals surface area contributed by atoms with E-state index in [1.165, 1.54) is 18.9 Å². The third-order valence-corrected chi connectivity index (χ3v) is 7.08. The summed E-state index contributed by atoms with van der Waals surface area (Å²) in [6.45, 7) is 10.2. The number of anilines is 4. The van der Waals surface area contributed by atoms with Crippen LogP contribution in [0.3, 0.4) is 0 Å². The van der Waals surface area contributed by atoms with Crippen molar-refractivity contribution in [2.24, 2.45) is 0 Å². The number of carbonyl (C=O) groups is 1. The van der Waals surface area contributed by atoms with E-state index in [9.17, 15) is 4.79 Å². The van der Waals surface area contributed by atoms with Crippen molar-refractivity contribution in [1.82, 2.24) is 24.6 Å². The van der Waals surface area contributed by atoms with Gasteiger partial charge in [-0.2, -0.15) is 10.1 Å². The minimum Gasteiger partial charge on any atom is -0.494 e. The van der Waals surface area contributed by atoms with E-state index in [1.54, 1.807) is 30.3 Å². The molecule has 0 bridgehead atoms. The summed E-state index contributed by atoms with van der Waals surface area (Å²) in [6.07, 6.45) is 7.19. The minimum atomic E-state index is -0.299. The van der Waals surface area contributed by atoms with Crippen molar-refractivity contribution in [2.45, 2.75) is 19.8 Å². The largest absolute Gasteiger partial charge is 0.494 e. The number of fused-ring (bicyclic) bond motifs is 1. The van der Waals surface area contributed by atoms with Crippen LogP contribution >= 0.6 is 0 Å². The van der Waals surface area contributed by atoms with Crippen LogP contribution in [0.5, 0.6) is 11.5 Å². The first-order valence-electron chi connectivity index (χ1n) is 13.8. The molecule has 1 aliphatic rings. The lowest BCUT2D eigenvalue weighted by Gasteiger charge is -2.26. The molecule has 41 heavy (non-hydrogen) atoms. The highest BCUT2D eigenvalue weighted by molar-refractivity contribution is 6.02. The number of rotatable bonds is 12. The van der Waals surface area contributed by atoms with Crippen molar-refractivity contribution in [2.75, 3.05) is 62.5 Å². The van der Waals surface area contributed by atoms with Crippen LogP contribution in [0.25, 0.3) is 16.7 Å². The van der Waals surface area contributed by atoms with E-state index in [-0.39, 0.29) is 5.91 Å². The van der Waals surface area contributed by atoms with E-state index in [0.717, 1.165) is 48.5 Å². The van der Waals surface area contributed by atoms with Crippen LogP contribution in [0.15, 0.2) is 61.4 Å². The predicted molar refractivity (Wildman–Crippen MR) is 162 cm³/mol. The van der Waals surface area contributed by atoms with E-state index >= 15 is 0 Å². The summed E-state index contributed by atoms with van der Waals surface area (Å²) < 4.78 is 13.1. The van der Waals surface area contributed by atoms with Gasteiger partial charge in [0.25, 0.3) is 0 Å². The molecular formula is C30H36N8O3. The van der Waals surface area contributed by atoms with Crippen molar-refractivity contribution in [3.63, 3.8) is 0 Å². The standard InChI is InChI=1S/C30H36N8O3/c1-5-29(39)33-23-18-24(27(40-4)19-26(23)36(3)15-16-37-13-7-8-14-37)34-30-31-12-11-28(35-30)38-25-10-9-22(41-6-2)17-21(25)20-32-38/h5,9-12,17-20H,1,6-8,13-16H2,2-4H3,(H,33,39)(H,31,34,35). The van der Waals surface area contributed by atoms with Gasteiger partial charge in [-0.1, -0.05) is 6.58 Å². The summed E-state index contributed by atoms with van der Waals surface area (Å²) in [4.78, 5) is 26.0. The molecule has 5 rings (SSSR count). The van der Waals surface area contributed by atoms with Crippen molar-refractivity contribution in [3.05, 3.63) is 61.4 Å². The van der Waals surface area contributed by atoms with E-state index in [0.29, 0.717) is 35.5 Å². The number of amides is 1. The topological polar surface area (TPSA) is 110 Å². The molecule has 0 aliphatic carbocycles. The molecule has 4 aromatic rings. The lowest BCUT2D eigenvalue weighted by molar-refractivity contribution is -0.111. The fourth-order valence-corrected chi connectivity index (χ4v) is 4.95. The normalized spacial score (nSPS) is 13.2. The van der Waals surface area contributed by atoms with E-state index < -0.39 is 0 Å². The number of likely N-dealkylation sites (tertiary alicyclic amines) is 1. The molecule has 2 aromatic heterocycles. The summed E-state index contributed by atoms with van der Waals surface area (Å²) in [6, 6.07) is 11.4. The number of hydrogen-bond donors (Lipinski definition) is 2. The second-order valence-electron chi connectivity index (χ2n) is 9.81. The highest BCUT2D eigenvalue weighted by Crippen LogP contribution is 2.38. The number of hydrogen-bond acceptors (Lipinski definition) is 9. The van der Waals surface area contributed by atoms with Gasteiger partial charge in [0.05, 0.1) is 42.5 Å². The molecule has 0 radical (unpaired) electrons. The third kappa shape index (κ3) is 6.41. The molecule has 214 valence electrons. The number of benzene rings is 2. The second kappa shape index (κ2) is 12.7. The molecule has 0 unspecified atom stereocenters. The molecule has 0 saturated carbocycles. The fourth-order valence-electron chi connectivity index (χ4n) is 4.95. The van der Waals surface area contributed by atoms with Crippen LogP contribution < -0.4 is 25.0 Å². The number of aromatic nitrogens is 4. The Morgan fingerprint density at radius 1 is 1.17 bits per heavy atom. The quantitative estimate of drug-likeness (QED) is 0.242. The predicted octanol–water partition coefficient (Wildman–Crippen LogP) is 4.62. The van der Waals surface area contributed by atoms with Crippen LogP contribution in [0.2, 0.25) is 0 Å². The first-order chi connectivity index (χ1) is 20.0. The van der Waals surface area contributed by atoms with Crippen LogP contribution in [-0.2, 0) is 4.79 Å². The molecular weight excluding hydrogens is 520 g/mol. The molecule has 3 heterocycles. The van der Waals surface area contributed by atoms with Gasteiger partial charge < -0.3 is 29.9 Å². The molecule has 1 amide bonds. The van der Waals surface area contributed by atoms with Crippen molar-refractivity contribution < 1.29 is 14.3 Å². The Labute approximate surface area is 239 Å². The number of nitrogens with zero attached hydrogens (tertiary/aromatic N) is 6. The Kier molecular flexibility index (Phi) is 8.64. The molecule has 1 aliphatic heterocycles. The Morgan fingerprint density at radius 2 is 2.00 bits per heavy atom. The Balaban J connectivity index is 1.43. The zero-order chi connectivity index (χ0) is 28.8. The van der Waals surface area contributed by atoms with E-state index in [2.05, 4.69) is 37.1 Å². The van der Waals surface area contributed by atoms with Crippen molar-refractivity contribution >= 4 is 39.8 Å². The summed E-state index contributed by atoms with van der Waals surface area (Å²) in [5.74, 6) is 2.03. The Bertz CT molecular complexity index is 1530. The lowest BCUT2D eigenvalue weighted by Crippen LogP contribution is -2.32. The highest BCUT2D eigenvalue weighted by Gasteiger charge is 2.18. The van der Waals surface area contributed by atoms with Crippen LogP contribution in [0, 0.1) is 0 Å². The summed E-state index contributed by atoms with van der Waals surface area (Å²) in [5, 5.41) is 11.7. The number of methoxy groups -OCH3 is 1. The first kappa shape index (κ1) is 27.9. The van der Waals surface area contributed by atoms with Crippen LogP contribution in [0.4, 0.5) is 23.0 Å². The van der Waals surface area contributed by atoms with E-state index in [1.807, 2.05) is 44.3 Å². The Morgan fingerprint density at radius 3 is 2.76 bits per heavy atom. The van der Waals surface area contributed by atoms with Crippen molar-refractivity contribution in [3.8, 4) is 17.3 Å². The minimum absolute atomic E-state index is 0.299. The van der Waals surface area contributed by atoms with Gasteiger partial charge in [-0.25, -0.2) is 9.67 Å². The number of likely N-dealkylation sites (N-methyl/N-ethyl adjacent to an activating group) is 1. The molecule has 2 N–H and O–H groups in total. The van der Waals surface area contributed by atoms with Gasteiger partial charge in [-0.15, -0.1) is 0 Å². The monoisotopic (exact) mass is 556 g/mol. The zero-order valence-corrected chi connectivity index (χ0v) is 23.8. The fraction of sp³-hybridized carbons (Fsp3) is 0.333. The molecule has 11 nitrogen and oxygen atoms in total. The maximum Gasteiger partial charge on any atom is 0.247 e. The van der Waals surface area contributed by atoms with Crippen LogP contribution in [-0.4, -0.2) is 77.5 Å². The molecule has 2 aromatic carbocycles. The SMILES string of the molecule is C=CC(=O)Nc1cc(Nc2nccc(-n3ncc4cc(OCC)ccc43)n2)c(OC)cc1N(C)CCN1CCCC1. The van der Waals surface area contributed by atoms with Gasteiger partial charge >= 0.3 is 0 Å². The van der Waals surface area contributed by atoms with Gasteiger partial charge in [0.2, 0.25) is 11.9 Å². The van der Waals surface area contributed by atoms with Gasteiger partial charge in [-0.3, -0.25) is 4.79 Å². The maximum absolute atomic E-state index is 12.3. The third-order valence-electron chi connectivity index (χ3n) is 7.08. The molecule has 1 saturated heterocycles. The molecule has 0 atom stereocenters. The van der Waals surface area contributed by atoms with Gasteiger partial charge in [-0.05, 0) is 63.2 Å². The molecule has 11 heteroatoms. The van der Waals surface area contributed by atoms with Crippen LogP contribution in [0.1, 0.15) is 19.8 Å². The number of ether oxygens (including phenoxy) is 2. The average molecular weight is 557 g/mol. The zero-order valence-electron chi connectivity index (χ0n) is 23.8. The highest BCUT2D eigenvalue weighted by atomic mass is 16.5. The summed E-state index contributed by atoms with van der Waals surface area (Å²) in [5.41, 5.74) is 2.96. The Hall–Kier alpha value is -4.64. The summed E-state index contributed by atoms with van der Waals surface area (Å²) >= 11 is 0. The molecule has 1 fully saturated rings. The molecule has 0 spiro atoms. The number of carbonyl (C=O) groups excluding carboxylic acids is 1. The van der Waals surface area contributed by atoms with Gasteiger partial charge in [0.15, 0.2) is 5.82 Å². The van der Waals surface area contributed by atoms with Gasteiger partial charge in [0, 0.05) is 43.9 Å². The summed E-state index contributed by atoms with van der Waals surface area (Å²) in [7, 11) is 3.63. The van der Waals surface area contributed by atoms with Gasteiger partial charge in [0.1, 0.15) is 11.5 Å². The average Bonchev–Trinajstić information content (AvgIpc) is 3.66. The second-order valence-corrected chi connectivity index (χ2v) is 9.81. The van der Waals surface area contributed by atoms with E-state index in [4.69, 9.17) is 14.5 Å².